The molecule has 0 spiro atoms. The Morgan fingerprint density at radius 2 is 1.97 bits per heavy atom. The molecule has 2 aromatic carbocycles. The number of aromatic hydroxyl groups is 1. The van der Waals surface area contributed by atoms with Crippen LogP contribution in [0.1, 0.15) is 29.2 Å². The van der Waals surface area contributed by atoms with Crippen LogP contribution in [0.25, 0.3) is 22.1 Å². The number of fused-ring (bicyclic) bond motifs is 3. The molecule has 0 aliphatic carbocycles. The van der Waals surface area contributed by atoms with Crippen molar-refractivity contribution in [1.82, 2.24) is 9.78 Å². The molecule has 0 fully saturated rings. The summed E-state index contributed by atoms with van der Waals surface area (Å²) in [5.74, 6) is -0.314. The lowest BCUT2D eigenvalue weighted by Gasteiger charge is -2.25. The second-order valence-corrected chi connectivity index (χ2v) is 7.76. The van der Waals surface area contributed by atoms with E-state index in [4.69, 9.17) is 13.9 Å². The number of methoxy groups -OCH3 is 1. The van der Waals surface area contributed by atoms with E-state index in [1.807, 2.05) is 14.0 Å². The van der Waals surface area contributed by atoms with Gasteiger partial charge in [0.25, 0.3) is 0 Å². The van der Waals surface area contributed by atoms with E-state index in [1.54, 1.807) is 42.3 Å². The zero-order valence-electron chi connectivity index (χ0n) is 17.7. The van der Waals surface area contributed by atoms with E-state index in [9.17, 15) is 14.7 Å². The molecule has 8 nitrogen and oxygen atoms in total. The summed E-state index contributed by atoms with van der Waals surface area (Å²) < 4.78 is 18.2. The number of hydrogen-bond donors (Lipinski definition) is 1. The predicted molar refractivity (Wildman–Crippen MR) is 116 cm³/mol. The van der Waals surface area contributed by atoms with Crippen LogP contribution < -0.4 is 14.9 Å². The summed E-state index contributed by atoms with van der Waals surface area (Å²) >= 11 is 0. The molecule has 1 atom stereocenters. The molecule has 0 saturated heterocycles. The Balaban J connectivity index is 1.76. The van der Waals surface area contributed by atoms with Crippen molar-refractivity contribution < 1.29 is 23.8 Å². The van der Waals surface area contributed by atoms with E-state index < -0.39 is 11.9 Å². The van der Waals surface area contributed by atoms with Crippen LogP contribution in [-0.4, -0.2) is 28.0 Å². The van der Waals surface area contributed by atoms with Crippen LogP contribution in [0.15, 0.2) is 52.0 Å². The van der Waals surface area contributed by atoms with Gasteiger partial charge in [-0.3, -0.25) is 14.3 Å². The monoisotopic (exact) mass is 432 g/mol. The Labute approximate surface area is 182 Å². The van der Waals surface area contributed by atoms with Gasteiger partial charge in [-0.1, -0.05) is 12.1 Å². The second-order valence-electron chi connectivity index (χ2n) is 7.76. The fourth-order valence-electron chi connectivity index (χ4n) is 4.23. The zero-order valence-corrected chi connectivity index (χ0v) is 17.7. The van der Waals surface area contributed by atoms with Gasteiger partial charge in [0, 0.05) is 35.9 Å². The van der Waals surface area contributed by atoms with Gasteiger partial charge in [-0.05, 0) is 24.6 Å². The largest absolute Gasteiger partial charge is 0.507 e. The number of aromatic nitrogens is 2. The highest BCUT2D eigenvalue weighted by Crippen LogP contribution is 2.46. The number of ether oxygens (including phenoxy) is 2. The number of phenols is 1. The summed E-state index contributed by atoms with van der Waals surface area (Å²) in [7, 11) is 3.38. The van der Waals surface area contributed by atoms with E-state index in [1.165, 1.54) is 12.3 Å². The maximum Gasteiger partial charge on any atom is 0.312 e. The van der Waals surface area contributed by atoms with E-state index in [-0.39, 0.29) is 34.3 Å². The standard InChI is InChI=1S/C24H20N2O6/c1-12-16(10-25-26(12)2)15-8-20(28)32-19-9-18(27)22-23(29)17(11-31-24(22)21(15)19)13-4-6-14(30-3)7-5-13/h4-7,9-11,15,27H,8H2,1-3H3/t15-/m1/s1. The molecule has 5 rings (SSSR count). The van der Waals surface area contributed by atoms with Gasteiger partial charge in [-0.2, -0.15) is 5.10 Å². The van der Waals surface area contributed by atoms with Crippen molar-refractivity contribution in [3.05, 3.63) is 69.8 Å². The number of rotatable bonds is 3. The Morgan fingerprint density at radius 3 is 2.62 bits per heavy atom. The molecular weight excluding hydrogens is 412 g/mol. The van der Waals surface area contributed by atoms with E-state index in [0.29, 0.717) is 22.4 Å². The van der Waals surface area contributed by atoms with E-state index in [2.05, 4.69) is 5.10 Å². The van der Waals surface area contributed by atoms with E-state index in [0.717, 1.165) is 11.3 Å². The molecule has 0 amide bonds. The topological polar surface area (TPSA) is 104 Å². The molecule has 8 heteroatoms. The number of nitrogens with zero attached hydrogens (tertiary/aromatic N) is 2. The highest BCUT2D eigenvalue weighted by Gasteiger charge is 2.35. The summed E-state index contributed by atoms with van der Waals surface area (Å²) in [6.45, 7) is 1.91. The molecule has 0 radical (unpaired) electrons. The van der Waals surface area contributed by atoms with Gasteiger partial charge in [0.2, 0.25) is 5.43 Å². The summed E-state index contributed by atoms with van der Waals surface area (Å²) in [6.07, 6.45) is 3.14. The van der Waals surface area contributed by atoms with Crippen molar-refractivity contribution in [3.63, 3.8) is 0 Å². The lowest BCUT2D eigenvalue weighted by molar-refractivity contribution is -0.135. The Hall–Kier alpha value is -4.07. The quantitative estimate of drug-likeness (QED) is 0.389. The van der Waals surface area contributed by atoms with Crippen molar-refractivity contribution in [1.29, 1.82) is 0 Å². The van der Waals surface area contributed by atoms with Crippen LogP contribution in [0.4, 0.5) is 0 Å². The minimum atomic E-state index is -0.429. The van der Waals surface area contributed by atoms with Crippen LogP contribution >= 0.6 is 0 Å². The first kappa shape index (κ1) is 19.9. The Morgan fingerprint density at radius 1 is 1.22 bits per heavy atom. The normalized spacial score (nSPS) is 15.5. The van der Waals surface area contributed by atoms with Gasteiger partial charge >= 0.3 is 5.97 Å². The Bertz CT molecular complexity index is 1430. The molecule has 3 heterocycles. The summed E-state index contributed by atoms with van der Waals surface area (Å²) in [5, 5.41) is 15.0. The first-order chi connectivity index (χ1) is 15.4. The highest BCUT2D eigenvalue weighted by molar-refractivity contribution is 5.94. The van der Waals surface area contributed by atoms with Gasteiger partial charge in [0.1, 0.15) is 34.5 Å². The summed E-state index contributed by atoms with van der Waals surface area (Å²) in [6, 6.07) is 8.28. The van der Waals surface area contributed by atoms with Crippen molar-refractivity contribution in [2.45, 2.75) is 19.3 Å². The van der Waals surface area contributed by atoms with Gasteiger partial charge < -0.3 is 19.0 Å². The van der Waals surface area contributed by atoms with Crippen LogP contribution in [0.5, 0.6) is 17.2 Å². The highest BCUT2D eigenvalue weighted by atomic mass is 16.5. The first-order valence-corrected chi connectivity index (χ1v) is 10.0. The molecule has 162 valence electrons. The third-order valence-electron chi connectivity index (χ3n) is 6.02. The average molecular weight is 432 g/mol. The molecule has 1 aliphatic heterocycles. The number of carbonyl (C=O) groups excluding carboxylic acids is 1. The fourth-order valence-corrected chi connectivity index (χ4v) is 4.23. The van der Waals surface area contributed by atoms with Gasteiger partial charge in [0.05, 0.1) is 25.3 Å². The van der Waals surface area contributed by atoms with Crippen molar-refractivity contribution >= 4 is 16.9 Å². The average Bonchev–Trinajstić information content (AvgIpc) is 3.11. The molecule has 0 bridgehead atoms. The number of hydrogen-bond acceptors (Lipinski definition) is 7. The molecule has 0 unspecified atom stereocenters. The van der Waals surface area contributed by atoms with Crippen LogP contribution in [-0.2, 0) is 11.8 Å². The molecular formula is C24H20N2O6. The van der Waals surface area contributed by atoms with E-state index >= 15 is 0 Å². The van der Waals surface area contributed by atoms with Crippen LogP contribution in [0.3, 0.4) is 0 Å². The second kappa shape index (κ2) is 7.26. The predicted octanol–water partition coefficient (Wildman–Crippen LogP) is 3.66. The fraction of sp³-hybridized carbons (Fsp3) is 0.208. The summed E-state index contributed by atoms with van der Waals surface area (Å²) in [5.41, 5.74) is 3.01. The molecule has 0 saturated carbocycles. The number of esters is 1. The number of carbonyl (C=O) groups is 1. The molecule has 32 heavy (non-hydrogen) atoms. The maximum absolute atomic E-state index is 13.4. The maximum atomic E-state index is 13.4. The van der Waals surface area contributed by atoms with Crippen LogP contribution in [0.2, 0.25) is 0 Å². The van der Waals surface area contributed by atoms with Crippen molar-refractivity contribution in [2.24, 2.45) is 7.05 Å². The minimum absolute atomic E-state index is 0.0431. The number of benzene rings is 2. The zero-order chi connectivity index (χ0) is 22.6. The van der Waals surface area contributed by atoms with Gasteiger partial charge in [-0.15, -0.1) is 0 Å². The van der Waals surface area contributed by atoms with Gasteiger partial charge in [0.15, 0.2) is 0 Å². The van der Waals surface area contributed by atoms with Crippen molar-refractivity contribution in [3.8, 4) is 28.4 Å². The lowest BCUT2D eigenvalue weighted by atomic mass is 9.85. The van der Waals surface area contributed by atoms with Crippen molar-refractivity contribution in [2.75, 3.05) is 7.11 Å². The molecule has 2 aromatic heterocycles. The lowest BCUT2D eigenvalue weighted by Crippen LogP contribution is -2.22. The third kappa shape index (κ3) is 2.95. The molecule has 4 aromatic rings. The Kier molecular flexibility index (Phi) is 4.51. The molecule has 1 aliphatic rings. The smallest absolute Gasteiger partial charge is 0.312 e. The SMILES string of the molecule is COc1ccc(-c2coc3c4c(cc(O)c3c2=O)OC(=O)C[C@@H]4c2cnn(C)c2C)cc1. The van der Waals surface area contributed by atoms with Crippen LogP contribution in [0, 0.1) is 6.92 Å². The minimum Gasteiger partial charge on any atom is -0.507 e. The van der Waals surface area contributed by atoms with Gasteiger partial charge in [-0.25, -0.2) is 0 Å². The number of phenolic OH excluding ortho intramolecular Hbond substituents is 1. The third-order valence-corrected chi connectivity index (χ3v) is 6.02. The molecule has 1 N–H and O–H groups in total. The first-order valence-electron chi connectivity index (χ1n) is 10.0. The number of aryl methyl sites for hydroxylation is 1. The summed E-state index contributed by atoms with van der Waals surface area (Å²) in [4.78, 5) is 25.7.